The van der Waals surface area contributed by atoms with Crippen LogP contribution in [0.1, 0.15) is 50.9 Å². The van der Waals surface area contributed by atoms with Gasteiger partial charge in [-0.3, -0.25) is 14.4 Å². The van der Waals surface area contributed by atoms with Crippen molar-refractivity contribution in [2.24, 2.45) is 7.05 Å². The van der Waals surface area contributed by atoms with Crippen molar-refractivity contribution in [3.8, 4) is 11.3 Å². The Balaban J connectivity index is 2.03. The first-order valence-corrected chi connectivity index (χ1v) is 8.73. The van der Waals surface area contributed by atoms with E-state index in [4.69, 9.17) is 4.52 Å². The van der Waals surface area contributed by atoms with E-state index < -0.39 is 0 Å². The molecule has 2 heterocycles. The Bertz CT molecular complexity index is 709. The summed E-state index contributed by atoms with van der Waals surface area (Å²) in [4.78, 5) is 14.8. The Morgan fingerprint density at radius 3 is 2.44 bits per heavy atom. The summed E-state index contributed by atoms with van der Waals surface area (Å²) in [6, 6.07) is 2.51. The minimum absolute atomic E-state index is 0.00554. The van der Waals surface area contributed by atoms with Crippen molar-refractivity contribution >= 4 is 5.91 Å². The number of amides is 1. The van der Waals surface area contributed by atoms with Gasteiger partial charge in [-0.2, -0.15) is 5.10 Å². The Morgan fingerprint density at radius 2 is 1.92 bits per heavy atom. The van der Waals surface area contributed by atoms with Gasteiger partial charge in [0.1, 0.15) is 5.69 Å². The lowest BCUT2D eigenvalue weighted by atomic mass is 10.1. The van der Waals surface area contributed by atoms with Crippen LogP contribution in [0.15, 0.2) is 16.8 Å². The van der Waals surface area contributed by atoms with Crippen LogP contribution in [0.4, 0.5) is 0 Å². The molecule has 0 bridgehead atoms. The number of hydrogen-bond acceptors (Lipinski definition) is 5. The standard InChI is InChI=1S/C18H29N5O2/c1-11(2)23(12(3)4)10-13(5)20-18(24)17-8-16(21-25-17)15-9-19-22(7)14(15)6/h8-9,11-13H,10H2,1-7H3,(H,20,24)/t13-/m1/s1. The van der Waals surface area contributed by atoms with Gasteiger partial charge in [-0.25, -0.2) is 0 Å². The fourth-order valence-electron chi connectivity index (χ4n) is 2.93. The van der Waals surface area contributed by atoms with E-state index in [0.717, 1.165) is 17.8 Å². The number of hydrogen-bond donors (Lipinski definition) is 1. The highest BCUT2D eigenvalue weighted by Crippen LogP contribution is 2.22. The van der Waals surface area contributed by atoms with Crippen molar-refractivity contribution in [1.29, 1.82) is 0 Å². The summed E-state index contributed by atoms with van der Waals surface area (Å²) in [6.45, 7) is 13.4. The van der Waals surface area contributed by atoms with Crippen LogP contribution in [-0.2, 0) is 7.05 Å². The molecule has 1 N–H and O–H groups in total. The second kappa shape index (κ2) is 7.82. The molecule has 2 aromatic heterocycles. The van der Waals surface area contributed by atoms with Crippen LogP contribution in [0.3, 0.4) is 0 Å². The molecule has 0 aliphatic heterocycles. The number of aryl methyl sites for hydroxylation is 1. The molecule has 2 aromatic rings. The predicted molar refractivity (Wildman–Crippen MR) is 97.3 cm³/mol. The average molecular weight is 347 g/mol. The topological polar surface area (TPSA) is 76.2 Å². The van der Waals surface area contributed by atoms with Crippen LogP contribution >= 0.6 is 0 Å². The zero-order valence-electron chi connectivity index (χ0n) is 16.2. The third-order valence-electron chi connectivity index (χ3n) is 4.43. The molecule has 0 unspecified atom stereocenters. The summed E-state index contributed by atoms with van der Waals surface area (Å²) in [7, 11) is 1.86. The van der Waals surface area contributed by atoms with Crippen molar-refractivity contribution in [3.05, 3.63) is 23.7 Å². The van der Waals surface area contributed by atoms with Gasteiger partial charge in [0.05, 0.1) is 6.20 Å². The SMILES string of the molecule is Cc1c(-c2cc(C(=O)N[C@H](C)CN(C(C)C)C(C)C)on2)cnn1C. The van der Waals surface area contributed by atoms with Gasteiger partial charge in [-0.1, -0.05) is 5.16 Å². The van der Waals surface area contributed by atoms with Gasteiger partial charge in [0.15, 0.2) is 0 Å². The van der Waals surface area contributed by atoms with Crippen molar-refractivity contribution < 1.29 is 9.32 Å². The zero-order valence-corrected chi connectivity index (χ0v) is 16.2. The van der Waals surface area contributed by atoms with Gasteiger partial charge in [-0.05, 0) is 41.5 Å². The molecule has 0 saturated carbocycles. The van der Waals surface area contributed by atoms with Crippen molar-refractivity contribution in [2.75, 3.05) is 6.54 Å². The minimum atomic E-state index is -0.250. The van der Waals surface area contributed by atoms with E-state index in [-0.39, 0.29) is 17.7 Å². The molecule has 0 aliphatic rings. The maximum atomic E-state index is 12.4. The normalized spacial score (nSPS) is 13.0. The predicted octanol–water partition coefficient (Wildman–Crippen LogP) is 2.62. The molecule has 0 spiro atoms. The lowest BCUT2D eigenvalue weighted by Crippen LogP contribution is -2.47. The first-order chi connectivity index (χ1) is 11.7. The van der Waals surface area contributed by atoms with Gasteiger partial charge in [0.25, 0.3) is 5.91 Å². The Kier molecular flexibility index (Phi) is 6.00. The summed E-state index contributed by atoms with van der Waals surface area (Å²) >= 11 is 0. The van der Waals surface area contributed by atoms with E-state index >= 15 is 0 Å². The highest BCUT2D eigenvalue weighted by atomic mass is 16.5. The molecule has 2 rings (SSSR count). The van der Waals surface area contributed by atoms with Crippen LogP contribution in [0.5, 0.6) is 0 Å². The molecule has 0 radical (unpaired) electrons. The molecule has 138 valence electrons. The van der Waals surface area contributed by atoms with Crippen LogP contribution in [0.2, 0.25) is 0 Å². The smallest absolute Gasteiger partial charge is 0.290 e. The molecule has 1 atom stereocenters. The van der Waals surface area contributed by atoms with E-state index in [2.05, 4.69) is 48.2 Å². The third kappa shape index (κ3) is 4.48. The molecule has 7 nitrogen and oxygen atoms in total. The average Bonchev–Trinajstić information content (AvgIpc) is 3.12. The van der Waals surface area contributed by atoms with Crippen molar-refractivity contribution in [1.82, 2.24) is 25.2 Å². The molecular formula is C18H29N5O2. The Morgan fingerprint density at radius 1 is 1.28 bits per heavy atom. The highest BCUT2D eigenvalue weighted by molar-refractivity contribution is 5.92. The van der Waals surface area contributed by atoms with Gasteiger partial charge < -0.3 is 9.84 Å². The third-order valence-corrected chi connectivity index (χ3v) is 4.43. The number of carbonyl (C=O) groups excluding carboxylic acids is 1. The quantitative estimate of drug-likeness (QED) is 0.833. The maximum absolute atomic E-state index is 12.4. The van der Waals surface area contributed by atoms with E-state index in [9.17, 15) is 4.79 Å². The lowest BCUT2D eigenvalue weighted by Gasteiger charge is -2.33. The molecule has 0 aliphatic carbocycles. The number of rotatable bonds is 7. The maximum Gasteiger partial charge on any atom is 0.290 e. The lowest BCUT2D eigenvalue weighted by molar-refractivity contribution is 0.0875. The second-order valence-corrected chi connectivity index (χ2v) is 7.10. The Labute approximate surface area is 149 Å². The summed E-state index contributed by atoms with van der Waals surface area (Å²) in [5.41, 5.74) is 2.46. The van der Waals surface area contributed by atoms with E-state index in [0.29, 0.717) is 17.8 Å². The largest absolute Gasteiger partial charge is 0.350 e. The molecule has 25 heavy (non-hydrogen) atoms. The molecule has 1 amide bonds. The number of aromatic nitrogens is 3. The van der Waals surface area contributed by atoms with Crippen LogP contribution in [0.25, 0.3) is 11.3 Å². The van der Waals surface area contributed by atoms with Crippen molar-refractivity contribution in [3.63, 3.8) is 0 Å². The fraction of sp³-hybridized carbons (Fsp3) is 0.611. The molecule has 0 aromatic carbocycles. The van der Waals surface area contributed by atoms with Crippen LogP contribution in [0, 0.1) is 6.92 Å². The second-order valence-electron chi connectivity index (χ2n) is 7.10. The summed E-state index contributed by atoms with van der Waals surface area (Å²) in [6.07, 6.45) is 1.72. The van der Waals surface area contributed by atoms with E-state index in [1.807, 2.05) is 20.9 Å². The van der Waals surface area contributed by atoms with Gasteiger partial charge in [-0.15, -0.1) is 0 Å². The molecule has 7 heteroatoms. The van der Waals surface area contributed by atoms with Gasteiger partial charge in [0, 0.05) is 49.0 Å². The number of carbonyl (C=O) groups is 1. The number of nitrogens with zero attached hydrogens (tertiary/aromatic N) is 4. The monoisotopic (exact) mass is 347 g/mol. The number of nitrogens with one attached hydrogen (secondary N) is 1. The molecule has 0 saturated heterocycles. The first kappa shape index (κ1) is 19.2. The summed E-state index contributed by atoms with van der Waals surface area (Å²) in [5.74, 6) is -0.0361. The summed E-state index contributed by atoms with van der Waals surface area (Å²) in [5, 5.41) is 11.2. The van der Waals surface area contributed by atoms with E-state index in [1.165, 1.54) is 0 Å². The highest BCUT2D eigenvalue weighted by Gasteiger charge is 2.21. The first-order valence-electron chi connectivity index (χ1n) is 8.73. The van der Waals surface area contributed by atoms with Crippen LogP contribution < -0.4 is 5.32 Å². The Hall–Kier alpha value is -2.15. The van der Waals surface area contributed by atoms with Crippen LogP contribution in [-0.4, -0.2) is 50.4 Å². The van der Waals surface area contributed by atoms with E-state index in [1.54, 1.807) is 16.9 Å². The molecular weight excluding hydrogens is 318 g/mol. The summed E-state index contributed by atoms with van der Waals surface area (Å²) < 4.78 is 7.00. The zero-order chi connectivity index (χ0) is 18.7. The minimum Gasteiger partial charge on any atom is -0.350 e. The van der Waals surface area contributed by atoms with Crippen molar-refractivity contribution in [2.45, 2.75) is 59.7 Å². The van der Waals surface area contributed by atoms with Gasteiger partial charge >= 0.3 is 0 Å². The van der Waals surface area contributed by atoms with Gasteiger partial charge in [0.2, 0.25) is 5.76 Å². The fourth-order valence-corrected chi connectivity index (χ4v) is 2.93. The molecule has 0 fully saturated rings.